The molecule has 3 aromatic rings. The van der Waals surface area contributed by atoms with Crippen LogP contribution in [0.5, 0.6) is 0 Å². The van der Waals surface area contributed by atoms with E-state index in [2.05, 4.69) is 9.88 Å². The van der Waals surface area contributed by atoms with E-state index in [9.17, 15) is 13.2 Å². The van der Waals surface area contributed by atoms with Gasteiger partial charge >= 0.3 is 5.69 Å². The number of benzene rings is 1. The fraction of sp³-hybridized carbons (Fsp3) is 0.300. The number of halogens is 1. The second-order valence-corrected chi connectivity index (χ2v) is 9.56. The predicted molar refractivity (Wildman–Crippen MR) is 114 cm³/mol. The van der Waals surface area contributed by atoms with Gasteiger partial charge in [-0.1, -0.05) is 11.6 Å². The molecule has 30 heavy (non-hydrogen) atoms. The maximum absolute atomic E-state index is 12.9. The number of hydrogen-bond donors (Lipinski definition) is 0. The number of aromatic nitrogens is 3. The number of aryl methyl sites for hydroxylation is 1. The van der Waals surface area contributed by atoms with Gasteiger partial charge in [-0.15, -0.1) is 0 Å². The molecule has 1 aliphatic heterocycles. The van der Waals surface area contributed by atoms with E-state index in [0.29, 0.717) is 37.9 Å². The minimum Gasteiger partial charge on any atom is -0.285 e. The molecule has 0 bridgehead atoms. The van der Waals surface area contributed by atoms with Crippen LogP contribution >= 0.6 is 11.6 Å². The van der Waals surface area contributed by atoms with Crippen molar-refractivity contribution in [2.75, 3.05) is 26.2 Å². The topological polar surface area (TPSA) is 80.4 Å². The van der Waals surface area contributed by atoms with E-state index in [1.54, 1.807) is 39.6 Å². The maximum Gasteiger partial charge on any atom is 0.334 e. The number of sulfonamides is 1. The number of piperazine rings is 1. The van der Waals surface area contributed by atoms with Crippen LogP contribution < -0.4 is 5.69 Å². The Morgan fingerprint density at radius 2 is 1.77 bits per heavy atom. The second-order valence-electron chi connectivity index (χ2n) is 7.19. The van der Waals surface area contributed by atoms with Crippen LogP contribution in [0.4, 0.5) is 0 Å². The second kappa shape index (κ2) is 8.35. The molecule has 0 saturated carbocycles. The molecule has 1 aromatic carbocycles. The molecule has 0 aliphatic carbocycles. The molecule has 158 valence electrons. The summed E-state index contributed by atoms with van der Waals surface area (Å²) in [6, 6.07) is 10.3. The summed E-state index contributed by atoms with van der Waals surface area (Å²) in [5.74, 6) is 0. The Balaban J connectivity index is 1.45. The first-order valence-electron chi connectivity index (χ1n) is 9.53. The van der Waals surface area contributed by atoms with E-state index >= 15 is 0 Å². The van der Waals surface area contributed by atoms with Crippen molar-refractivity contribution in [1.29, 1.82) is 0 Å². The van der Waals surface area contributed by atoms with Gasteiger partial charge in [0.25, 0.3) is 0 Å². The van der Waals surface area contributed by atoms with Gasteiger partial charge in [-0.05, 0) is 43.3 Å². The van der Waals surface area contributed by atoms with E-state index in [1.807, 2.05) is 25.3 Å². The number of rotatable bonds is 5. The van der Waals surface area contributed by atoms with Gasteiger partial charge in [0.05, 0.1) is 12.4 Å². The maximum atomic E-state index is 12.9. The summed E-state index contributed by atoms with van der Waals surface area (Å²) in [4.78, 5) is 19.1. The van der Waals surface area contributed by atoms with Crippen LogP contribution in [-0.4, -0.2) is 57.9 Å². The van der Waals surface area contributed by atoms with E-state index in [1.165, 1.54) is 10.5 Å². The molecule has 1 aliphatic rings. The summed E-state index contributed by atoms with van der Waals surface area (Å²) in [5.41, 5.74) is 1.44. The molecule has 0 N–H and O–H groups in total. The van der Waals surface area contributed by atoms with Gasteiger partial charge in [0.1, 0.15) is 4.90 Å². The van der Waals surface area contributed by atoms with Crippen LogP contribution in [-0.2, 0) is 16.7 Å². The van der Waals surface area contributed by atoms with Crippen molar-refractivity contribution in [2.24, 2.45) is 0 Å². The van der Waals surface area contributed by atoms with E-state index in [-0.39, 0.29) is 10.6 Å². The third-order valence-corrected chi connectivity index (χ3v) is 7.31. The van der Waals surface area contributed by atoms with Crippen molar-refractivity contribution >= 4 is 21.6 Å². The average Bonchev–Trinajstić information content (AvgIpc) is 3.03. The summed E-state index contributed by atoms with van der Waals surface area (Å²) in [6.07, 6.45) is 4.73. The van der Waals surface area contributed by atoms with Crippen molar-refractivity contribution in [3.8, 4) is 5.69 Å². The lowest BCUT2D eigenvalue weighted by Gasteiger charge is -2.33. The zero-order valence-electron chi connectivity index (χ0n) is 16.5. The summed E-state index contributed by atoms with van der Waals surface area (Å²) in [5, 5.41) is 0.614. The van der Waals surface area contributed by atoms with Gasteiger partial charge in [0.2, 0.25) is 10.0 Å². The van der Waals surface area contributed by atoms with E-state index in [4.69, 9.17) is 11.6 Å². The molecule has 0 spiro atoms. The molecule has 2 aromatic heterocycles. The van der Waals surface area contributed by atoms with E-state index in [0.717, 1.165) is 11.4 Å². The zero-order valence-corrected chi connectivity index (χ0v) is 18.1. The van der Waals surface area contributed by atoms with Crippen LogP contribution in [0.15, 0.2) is 64.7 Å². The number of hydrogen-bond acceptors (Lipinski definition) is 5. The molecule has 1 fully saturated rings. The lowest BCUT2D eigenvalue weighted by molar-refractivity contribution is 0.150. The fourth-order valence-electron chi connectivity index (χ4n) is 3.60. The third kappa shape index (κ3) is 4.06. The Kier molecular flexibility index (Phi) is 5.79. The predicted octanol–water partition coefficient (Wildman–Crippen LogP) is 1.96. The lowest BCUT2D eigenvalue weighted by atomic mass is 10.3. The lowest BCUT2D eigenvalue weighted by Crippen LogP contribution is -2.49. The van der Waals surface area contributed by atoms with Crippen molar-refractivity contribution in [3.63, 3.8) is 0 Å². The molecule has 1 saturated heterocycles. The Hall–Kier alpha value is -2.46. The first-order valence-corrected chi connectivity index (χ1v) is 11.4. The van der Waals surface area contributed by atoms with Gasteiger partial charge in [0.15, 0.2) is 0 Å². The molecule has 0 unspecified atom stereocenters. The highest BCUT2D eigenvalue weighted by molar-refractivity contribution is 7.89. The molecule has 10 heteroatoms. The molecular formula is C20H22ClN5O3S. The summed E-state index contributed by atoms with van der Waals surface area (Å²) in [7, 11) is -3.55. The van der Waals surface area contributed by atoms with Crippen molar-refractivity contribution in [1.82, 2.24) is 23.3 Å². The molecule has 4 rings (SSSR count). The van der Waals surface area contributed by atoms with Crippen LogP contribution in [0.3, 0.4) is 0 Å². The van der Waals surface area contributed by atoms with Crippen LogP contribution in [0.1, 0.15) is 5.69 Å². The van der Waals surface area contributed by atoms with Gasteiger partial charge in [0, 0.05) is 55.5 Å². The summed E-state index contributed by atoms with van der Waals surface area (Å²) >= 11 is 5.95. The van der Waals surface area contributed by atoms with Crippen LogP contribution in [0, 0.1) is 6.92 Å². The smallest absolute Gasteiger partial charge is 0.285 e. The SMILES string of the molecule is Cc1cn(CN2CCN(S(=O)(=O)c3cccnc3)CC2)c(=O)n1-c1ccc(Cl)cc1. The number of nitrogens with zero attached hydrogens (tertiary/aromatic N) is 5. The van der Waals surface area contributed by atoms with Gasteiger partial charge in [-0.25, -0.2) is 13.2 Å². The molecule has 0 atom stereocenters. The largest absolute Gasteiger partial charge is 0.334 e. The minimum absolute atomic E-state index is 0.139. The van der Waals surface area contributed by atoms with Gasteiger partial charge in [-0.3, -0.25) is 19.0 Å². The average molecular weight is 448 g/mol. The van der Waals surface area contributed by atoms with Crippen molar-refractivity contribution in [3.05, 3.63) is 76.2 Å². The van der Waals surface area contributed by atoms with Gasteiger partial charge < -0.3 is 0 Å². The van der Waals surface area contributed by atoms with Crippen molar-refractivity contribution < 1.29 is 8.42 Å². The van der Waals surface area contributed by atoms with E-state index < -0.39 is 10.0 Å². The Bertz CT molecular complexity index is 1180. The highest BCUT2D eigenvalue weighted by Gasteiger charge is 2.29. The Morgan fingerprint density at radius 3 is 2.40 bits per heavy atom. The monoisotopic (exact) mass is 447 g/mol. The first kappa shape index (κ1) is 20.8. The molecule has 8 nitrogen and oxygen atoms in total. The van der Waals surface area contributed by atoms with Gasteiger partial charge in [-0.2, -0.15) is 4.31 Å². The molecule has 0 amide bonds. The fourth-order valence-corrected chi connectivity index (χ4v) is 5.11. The molecular weight excluding hydrogens is 426 g/mol. The normalized spacial score (nSPS) is 16.1. The molecule has 0 radical (unpaired) electrons. The Morgan fingerprint density at radius 1 is 1.07 bits per heavy atom. The summed E-state index contributed by atoms with van der Waals surface area (Å²) < 4.78 is 30.2. The standard InChI is InChI=1S/C20H22ClN5O3S/c1-16-14-24(20(27)26(16)18-6-4-17(21)5-7-18)15-23-9-11-25(12-10-23)30(28,29)19-3-2-8-22-13-19/h2-8,13-14H,9-12,15H2,1H3. The number of pyridine rings is 1. The zero-order chi connectivity index (χ0) is 21.3. The highest BCUT2D eigenvalue weighted by atomic mass is 35.5. The Labute approximate surface area is 180 Å². The summed E-state index contributed by atoms with van der Waals surface area (Å²) in [6.45, 7) is 4.09. The first-order chi connectivity index (χ1) is 14.4. The minimum atomic E-state index is -3.55. The van der Waals surface area contributed by atoms with Crippen LogP contribution in [0.25, 0.3) is 5.69 Å². The molecule has 3 heterocycles. The number of imidazole rings is 1. The van der Waals surface area contributed by atoms with Crippen LogP contribution in [0.2, 0.25) is 5.02 Å². The highest BCUT2D eigenvalue weighted by Crippen LogP contribution is 2.17. The third-order valence-electron chi connectivity index (χ3n) is 5.17. The quantitative estimate of drug-likeness (QED) is 0.597. The van der Waals surface area contributed by atoms with Crippen molar-refractivity contribution in [2.45, 2.75) is 18.5 Å².